The molecule has 1 amide bonds. The number of ether oxygens (including phenoxy) is 3. The van der Waals surface area contributed by atoms with Gasteiger partial charge < -0.3 is 19.5 Å². The summed E-state index contributed by atoms with van der Waals surface area (Å²) in [6.45, 7) is 2.25. The second-order valence-electron chi connectivity index (χ2n) is 6.91. The number of carbonyl (C=O) groups excluding carboxylic acids is 1. The third-order valence-electron chi connectivity index (χ3n) is 4.66. The van der Waals surface area contributed by atoms with Gasteiger partial charge >= 0.3 is 0 Å². The normalized spacial score (nSPS) is 11.7. The van der Waals surface area contributed by atoms with Gasteiger partial charge in [-0.05, 0) is 37.3 Å². The van der Waals surface area contributed by atoms with E-state index in [2.05, 4.69) is 20.6 Å². The van der Waals surface area contributed by atoms with E-state index >= 15 is 0 Å². The number of methoxy groups -OCH3 is 1. The van der Waals surface area contributed by atoms with Crippen LogP contribution in [0.4, 0.5) is 0 Å². The maximum absolute atomic E-state index is 12.3. The van der Waals surface area contributed by atoms with Gasteiger partial charge in [0.1, 0.15) is 18.1 Å². The highest BCUT2D eigenvalue weighted by molar-refractivity contribution is 5.80. The molecule has 0 unspecified atom stereocenters. The summed E-state index contributed by atoms with van der Waals surface area (Å²) in [4.78, 5) is 12.3. The average molecular weight is 433 g/mol. The SMILES string of the molecule is COc1ccc(O[C@H](C)C(=O)NCCOc2ccc3nnc(-c4ccccc4)n3n2)cc1. The molecule has 1 N–H and O–H groups in total. The standard InChI is InChI=1S/C23H23N5O4/c1-16(32-19-10-8-18(30-2)9-11-19)23(29)24-14-15-31-21-13-12-20-25-26-22(28(20)27-21)17-6-4-3-5-7-17/h3-13,16H,14-15H2,1-2H3,(H,24,29)/t16-/m1/s1. The summed E-state index contributed by atoms with van der Waals surface area (Å²) >= 11 is 0. The number of hydrogen-bond donors (Lipinski definition) is 1. The van der Waals surface area contributed by atoms with Gasteiger partial charge in [0.05, 0.1) is 13.7 Å². The largest absolute Gasteiger partial charge is 0.497 e. The van der Waals surface area contributed by atoms with Gasteiger partial charge in [0.2, 0.25) is 5.88 Å². The van der Waals surface area contributed by atoms with Crippen molar-refractivity contribution in [1.29, 1.82) is 0 Å². The van der Waals surface area contributed by atoms with Crippen molar-refractivity contribution in [3.8, 4) is 28.8 Å². The highest BCUT2D eigenvalue weighted by Gasteiger charge is 2.14. The Hall–Kier alpha value is -4.14. The molecule has 4 aromatic rings. The molecule has 0 bridgehead atoms. The van der Waals surface area contributed by atoms with Crippen molar-refractivity contribution in [2.75, 3.05) is 20.3 Å². The molecule has 0 aliphatic rings. The van der Waals surface area contributed by atoms with Crippen LogP contribution in [0.5, 0.6) is 17.4 Å². The maximum atomic E-state index is 12.3. The zero-order valence-corrected chi connectivity index (χ0v) is 17.8. The van der Waals surface area contributed by atoms with E-state index in [0.717, 1.165) is 11.3 Å². The predicted octanol–water partition coefficient (Wildman–Crippen LogP) is 2.76. The van der Waals surface area contributed by atoms with Gasteiger partial charge in [0.25, 0.3) is 5.91 Å². The minimum Gasteiger partial charge on any atom is -0.497 e. The molecule has 9 nitrogen and oxygen atoms in total. The van der Waals surface area contributed by atoms with Gasteiger partial charge in [-0.2, -0.15) is 4.52 Å². The quantitative estimate of drug-likeness (QED) is 0.405. The lowest BCUT2D eigenvalue weighted by Gasteiger charge is -2.15. The molecule has 32 heavy (non-hydrogen) atoms. The summed E-state index contributed by atoms with van der Waals surface area (Å²) in [5.41, 5.74) is 1.52. The zero-order valence-electron chi connectivity index (χ0n) is 17.8. The summed E-state index contributed by atoms with van der Waals surface area (Å²) < 4.78 is 18.1. The lowest BCUT2D eigenvalue weighted by Crippen LogP contribution is -2.38. The van der Waals surface area contributed by atoms with Crippen LogP contribution in [0, 0.1) is 0 Å². The van der Waals surface area contributed by atoms with Crippen LogP contribution in [0.1, 0.15) is 6.92 Å². The molecule has 2 aromatic carbocycles. The van der Waals surface area contributed by atoms with Gasteiger partial charge in [-0.25, -0.2) is 0 Å². The van der Waals surface area contributed by atoms with E-state index in [4.69, 9.17) is 14.2 Å². The second kappa shape index (κ2) is 9.78. The topological polar surface area (TPSA) is 99.9 Å². The number of nitrogens with zero attached hydrogens (tertiary/aromatic N) is 4. The molecule has 2 aromatic heterocycles. The van der Waals surface area contributed by atoms with E-state index < -0.39 is 6.10 Å². The minimum atomic E-state index is -0.650. The lowest BCUT2D eigenvalue weighted by molar-refractivity contribution is -0.127. The monoisotopic (exact) mass is 433 g/mol. The highest BCUT2D eigenvalue weighted by atomic mass is 16.5. The van der Waals surface area contributed by atoms with Gasteiger partial charge in [-0.3, -0.25) is 4.79 Å². The van der Waals surface area contributed by atoms with Crippen molar-refractivity contribution < 1.29 is 19.0 Å². The van der Waals surface area contributed by atoms with Crippen LogP contribution in [0.25, 0.3) is 17.0 Å². The second-order valence-corrected chi connectivity index (χ2v) is 6.91. The average Bonchev–Trinajstić information content (AvgIpc) is 3.26. The number of nitrogens with one attached hydrogen (secondary N) is 1. The smallest absolute Gasteiger partial charge is 0.260 e. The van der Waals surface area contributed by atoms with E-state index in [1.807, 2.05) is 30.3 Å². The fourth-order valence-electron chi connectivity index (χ4n) is 3.00. The fraction of sp³-hybridized carbons (Fsp3) is 0.217. The molecule has 0 fully saturated rings. The molecule has 4 rings (SSSR count). The molecule has 0 saturated carbocycles. The molecule has 0 spiro atoms. The van der Waals surface area contributed by atoms with Crippen LogP contribution in [0.2, 0.25) is 0 Å². The van der Waals surface area contributed by atoms with Crippen LogP contribution in [-0.2, 0) is 4.79 Å². The Morgan fingerprint density at radius 3 is 2.50 bits per heavy atom. The van der Waals surface area contributed by atoms with Gasteiger partial charge in [-0.1, -0.05) is 30.3 Å². The van der Waals surface area contributed by atoms with Gasteiger partial charge in [-0.15, -0.1) is 15.3 Å². The maximum Gasteiger partial charge on any atom is 0.260 e. The Morgan fingerprint density at radius 1 is 1.00 bits per heavy atom. The first-order valence-corrected chi connectivity index (χ1v) is 10.1. The van der Waals surface area contributed by atoms with Crippen molar-refractivity contribution in [2.24, 2.45) is 0 Å². The molecular formula is C23H23N5O4. The Labute approximate surface area is 185 Å². The van der Waals surface area contributed by atoms with E-state index in [1.165, 1.54) is 0 Å². The molecule has 9 heteroatoms. The third kappa shape index (κ3) is 4.94. The van der Waals surface area contributed by atoms with E-state index in [1.54, 1.807) is 54.9 Å². The first-order valence-electron chi connectivity index (χ1n) is 10.1. The molecule has 164 valence electrons. The number of rotatable bonds is 9. The number of aromatic nitrogens is 4. The van der Waals surface area contributed by atoms with Crippen molar-refractivity contribution in [3.63, 3.8) is 0 Å². The number of benzene rings is 2. The van der Waals surface area contributed by atoms with E-state index in [-0.39, 0.29) is 12.5 Å². The highest BCUT2D eigenvalue weighted by Crippen LogP contribution is 2.19. The van der Waals surface area contributed by atoms with Crippen LogP contribution in [0.15, 0.2) is 66.7 Å². The van der Waals surface area contributed by atoms with Crippen LogP contribution >= 0.6 is 0 Å². The molecular weight excluding hydrogens is 410 g/mol. The summed E-state index contributed by atoms with van der Waals surface area (Å²) in [7, 11) is 1.59. The van der Waals surface area contributed by atoms with Crippen LogP contribution in [0.3, 0.4) is 0 Å². The molecule has 1 atom stereocenters. The molecule has 0 aliphatic heterocycles. The van der Waals surface area contributed by atoms with Crippen LogP contribution < -0.4 is 19.5 Å². The number of amides is 1. The number of carbonyl (C=O) groups is 1. The molecule has 0 radical (unpaired) electrons. The minimum absolute atomic E-state index is 0.238. The van der Waals surface area contributed by atoms with Crippen molar-refractivity contribution in [3.05, 3.63) is 66.7 Å². The molecule has 0 aliphatic carbocycles. The van der Waals surface area contributed by atoms with Crippen molar-refractivity contribution in [2.45, 2.75) is 13.0 Å². The van der Waals surface area contributed by atoms with Gasteiger partial charge in [0, 0.05) is 11.6 Å². The lowest BCUT2D eigenvalue weighted by atomic mass is 10.2. The molecule has 2 heterocycles. The molecule has 0 saturated heterocycles. The Kier molecular flexibility index (Phi) is 6.45. The fourth-order valence-corrected chi connectivity index (χ4v) is 3.00. The zero-order chi connectivity index (χ0) is 22.3. The summed E-state index contributed by atoms with van der Waals surface area (Å²) in [5, 5.41) is 15.6. The predicted molar refractivity (Wildman–Crippen MR) is 118 cm³/mol. The first kappa shape index (κ1) is 21.1. The Morgan fingerprint density at radius 2 is 1.75 bits per heavy atom. The summed E-state index contributed by atoms with van der Waals surface area (Å²) in [6, 6.07) is 20.2. The van der Waals surface area contributed by atoms with Crippen molar-refractivity contribution in [1.82, 2.24) is 25.1 Å². The summed E-state index contributed by atoms with van der Waals surface area (Å²) in [6.07, 6.45) is -0.650. The van der Waals surface area contributed by atoms with Crippen LogP contribution in [-0.4, -0.2) is 52.1 Å². The number of hydrogen-bond acceptors (Lipinski definition) is 7. The first-order chi connectivity index (χ1) is 15.6. The van der Waals surface area contributed by atoms with Gasteiger partial charge in [0.15, 0.2) is 17.6 Å². The number of fused-ring (bicyclic) bond motifs is 1. The van der Waals surface area contributed by atoms with Crippen molar-refractivity contribution >= 4 is 11.6 Å². The summed E-state index contributed by atoms with van der Waals surface area (Å²) in [5.74, 6) is 2.11. The van der Waals surface area contributed by atoms with E-state index in [9.17, 15) is 4.79 Å². The van der Waals surface area contributed by atoms with E-state index in [0.29, 0.717) is 29.6 Å². The Bertz CT molecular complexity index is 1180. The Balaban J connectivity index is 1.29. The third-order valence-corrected chi connectivity index (χ3v) is 4.66.